The Kier molecular flexibility index (Phi) is 6.39. The van der Waals surface area contributed by atoms with Crippen molar-refractivity contribution in [2.75, 3.05) is 6.61 Å². The molecule has 8 nitrogen and oxygen atoms in total. The lowest BCUT2D eigenvalue weighted by Gasteiger charge is -2.59. The first-order valence-corrected chi connectivity index (χ1v) is 12.7. The summed E-state index contributed by atoms with van der Waals surface area (Å²) in [6.07, 6.45) is 4.47. The standard InChI is InChI=1S/C23H28F2O8S/c1-13(32-21(27)23(24,25)34(28,29)30)16-3-5-19(6-4-16)31-12-20(26)33-22(2)17-8-14-7-15(10-17)11-18(22)9-14/h3-6,13-15,17-18H,7-12H2,1-2H3,(H,28,29,30)/p-1. The molecule has 0 heterocycles. The Morgan fingerprint density at radius 3 is 2.12 bits per heavy atom. The summed E-state index contributed by atoms with van der Waals surface area (Å²) in [7, 11) is -6.19. The predicted molar refractivity (Wildman–Crippen MR) is 113 cm³/mol. The quantitative estimate of drug-likeness (QED) is 0.392. The van der Waals surface area contributed by atoms with Gasteiger partial charge in [0.15, 0.2) is 16.7 Å². The molecule has 0 spiro atoms. The highest BCUT2D eigenvalue weighted by Gasteiger charge is 2.57. The van der Waals surface area contributed by atoms with Gasteiger partial charge in [-0.2, -0.15) is 8.78 Å². The van der Waals surface area contributed by atoms with E-state index in [2.05, 4.69) is 4.74 Å². The third-order valence-corrected chi connectivity index (χ3v) is 8.43. The lowest BCUT2D eigenvalue weighted by Crippen LogP contribution is -2.58. The molecule has 4 bridgehead atoms. The van der Waals surface area contributed by atoms with Gasteiger partial charge in [-0.1, -0.05) is 12.1 Å². The molecular formula is C23H27F2O8S-. The van der Waals surface area contributed by atoms with Crippen molar-refractivity contribution in [3.8, 4) is 5.75 Å². The van der Waals surface area contributed by atoms with Gasteiger partial charge in [0.05, 0.1) is 0 Å². The average Bonchev–Trinajstić information content (AvgIpc) is 2.75. The first-order chi connectivity index (χ1) is 15.8. The summed E-state index contributed by atoms with van der Waals surface area (Å²) in [5.41, 5.74) is -0.208. The molecule has 1 aromatic rings. The van der Waals surface area contributed by atoms with E-state index in [1.54, 1.807) is 0 Å². The van der Waals surface area contributed by atoms with Crippen molar-refractivity contribution >= 4 is 22.1 Å². The molecule has 0 amide bonds. The maximum atomic E-state index is 13.3. The Hall–Kier alpha value is -2.27. The molecule has 0 radical (unpaired) electrons. The number of alkyl halides is 2. The van der Waals surface area contributed by atoms with Crippen LogP contribution in [0.3, 0.4) is 0 Å². The van der Waals surface area contributed by atoms with Crippen LogP contribution < -0.4 is 4.74 Å². The molecule has 1 aromatic carbocycles. The van der Waals surface area contributed by atoms with E-state index < -0.39 is 39.0 Å². The van der Waals surface area contributed by atoms with Crippen molar-refractivity contribution in [1.82, 2.24) is 0 Å². The maximum Gasteiger partial charge on any atom is 0.428 e. The smallest absolute Gasteiger partial charge is 0.428 e. The van der Waals surface area contributed by atoms with Crippen LogP contribution in [0.1, 0.15) is 57.6 Å². The van der Waals surface area contributed by atoms with Gasteiger partial charge in [0.2, 0.25) is 0 Å². The van der Waals surface area contributed by atoms with E-state index in [0.29, 0.717) is 17.6 Å². The van der Waals surface area contributed by atoms with E-state index in [0.717, 1.165) is 37.5 Å². The Labute approximate surface area is 196 Å². The molecule has 5 rings (SSSR count). The van der Waals surface area contributed by atoms with Crippen LogP contribution in [0.15, 0.2) is 24.3 Å². The second-order valence-electron chi connectivity index (χ2n) is 9.84. The summed E-state index contributed by atoms with van der Waals surface area (Å²) in [5, 5.41) is -5.18. The molecule has 188 valence electrons. The number of benzene rings is 1. The zero-order chi connectivity index (χ0) is 24.9. The summed E-state index contributed by atoms with van der Waals surface area (Å²) in [6.45, 7) is 2.99. The molecule has 4 aliphatic rings. The molecule has 11 heteroatoms. The largest absolute Gasteiger partial charge is 0.743 e. The second-order valence-corrected chi connectivity index (χ2v) is 11.3. The summed E-state index contributed by atoms with van der Waals surface area (Å²) < 4.78 is 74.1. The average molecular weight is 502 g/mol. The number of carbonyl (C=O) groups excluding carboxylic acids is 2. The van der Waals surface area contributed by atoms with Crippen LogP contribution in [0.25, 0.3) is 0 Å². The van der Waals surface area contributed by atoms with Crippen LogP contribution in [0.2, 0.25) is 0 Å². The van der Waals surface area contributed by atoms with Gasteiger partial charge in [0.25, 0.3) is 0 Å². The normalized spacial score (nSPS) is 31.1. The number of esters is 2. The van der Waals surface area contributed by atoms with Crippen molar-refractivity contribution in [2.24, 2.45) is 23.7 Å². The molecular weight excluding hydrogens is 474 g/mol. The van der Waals surface area contributed by atoms with Crippen LogP contribution in [0, 0.1) is 23.7 Å². The number of ether oxygens (including phenoxy) is 3. The number of carbonyl (C=O) groups is 2. The van der Waals surface area contributed by atoms with Gasteiger partial charge in [-0.15, -0.1) is 0 Å². The van der Waals surface area contributed by atoms with E-state index in [1.165, 1.54) is 37.6 Å². The number of hydrogen-bond donors (Lipinski definition) is 0. The van der Waals surface area contributed by atoms with E-state index >= 15 is 0 Å². The Morgan fingerprint density at radius 1 is 1.09 bits per heavy atom. The van der Waals surface area contributed by atoms with E-state index in [1.807, 2.05) is 6.92 Å². The molecule has 4 saturated carbocycles. The third-order valence-electron chi connectivity index (χ3n) is 7.63. The maximum absolute atomic E-state index is 13.3. The SMILES string of the molecule is CC(OC(=O)C(F)(F)S(=O)(=O)[O-])c1ccc(OCC(=O)OC2(C)C3CC4CC(C3)CC2C4)cc1. The van der Waals surface area contributed by atoms with E-state index in [9.17, 15) is 31.3 Å². The summed E-state index contributed by atoms with van der Waals surface area (Å²) in [5.74, 6) is -0.315. The van der Waals surface area contributed by atoms with Crippen molar-refractivity contribution in [1.29, 1.82) is 0 Å². The highest BCUT2D eigenvalue weighted by Crippen LogP contribution is 2.59. The molecule has 1 atom stereocenters. The first-order valence-electron chi connectivity index (χ1n) is 11.3. The number of hydrogen-bond acceptors (Lipinski definition) is 8. The second kappa shape index (κ2) is 8.75. The van der Waals surface area contributed by atoms with Crippen LogP contribution in [0.5, 0.6) is 5.75 Å². The van der Waals surface area contributed by atoms with Gasteiger partial charge in [-0.25, -0.2) is 18.0 Å². The minimum absolute atomic E-state index is 0.253. The molecule has 0 saturated heterocycles. The molecule has 0 aromatic heterocycles. The lowest BCUT2D eigenvalue weighted by atomic mass is 9.50. The van der Waals surface area contributed by atoms with Gasteiger partial charge >= 0.3 is 17.2 Å². The van der Waals surface area contributed by atoms with Crippen LogP contribution in [0.4, 0.5) is 8.78 Å². The topological polar surface area (TPSA) is 119 Å². The highest BCUT2D eigenvalue weighted by atomic mass is 32.2. The molecule has 4 fully saturated rings. The lowest BCUT2D eigenvalue weighted by molar-refractivity contribution is -0.204. The van der Waals surface area contributed by atoms with E-state index in [4.69, 9.17) is 9.47 Å². The fourth-order valence-electron chi connectivity index (χ4n) is 5.94. The summed E-state index contributed by atoms with van der Waals surface area (Å²) in [6, 6.07) is 5.70. The molecule has 4 aliphatic carbocycles. The Morgan fingerprint density at radius 2 is 1.62 bits per heavy atom. The summed E-state index contributed by atoms with van der Waals surface area (Å²) >= 11 is 0. The predicted octanol–water partition coefficient (Wildman–Crippen LogP) is 3.57. The monoisotopic (exact) mass is 501 g/mol. The van der Waals surface area contributed by atoms with Crippen molar-refractivity contribution in [3.63, 3.8) is 0 Å². The van der Waals surface area contributed by atoms with E-state index in [-0.39, 0.29) is 12.2 Å². The number of halogens is 2. The fraction of sp³-hybridized carbons (Fsp3) is 0.652. The van der Waals surface area contributed by atoms with Crippen molar-refractivity contribution in [2.45, 2.75) is 62.9 Å². The van der Waals surface area contributed by atoms with Crippen LogP contribution in [-0.2, 0) is 29.2 Å². The van der Waals surface area contributed by atoms with Crippen molar-refractivity contribution < 1.29 is 45.6 Å². The minimum atomic E-state index is -6.19. The molecule has 0 N–H and O–H groups in total. The molecule has 0 aliphatic heterocycles. The minimum Gasteiger partial charge on any atom is -0.743 e. The van der Waals surface area contributed by atoms with Crippen molar-refractivity contribution in [3.05, 3.63) is 29.8 Å². The Balaban J connectivity index is 1.29. The van der Waals surface area contributed by atoms with Gasteiger partial charge < -0.3 is 18.8 Å². The van der Waals surface area contributed by atoms with Gasteiger partial charge in [0.1, 0.15) is 17.5 Å². The number of rotatable bonds is 8. The van der Waals surface area contributed by atoms with Gasteiger partial charge in [-0.05, 0) is 87.3 Å². The van der Waals surface area contributed by atoms with Gasteiger partial charge in [-0.3, -0.25) is 0 Å². The fourth-order valence-corrected chi connectivity index (χ4v) is 6.19. The van der Waals surface area contributed by atoms with Crippen LogP contribution in [-0.4, -0.2) is 42.4 Å². The van der Waals surface area contributed by atoms with Gasteiger partial charge in [0, 0.05) is 0 Å². The first kappa shape index (κ1) is 24.8. The Bertz CT molecular complexity index is 1030. The molecule has 1 unspecified atom stereocenters. The third kappa shape index (κ3) is 4.64. The zero-order valence-corrected chi connectivity index (χ0v) is 19.7. The van der Waals surface area contributed by atoms with Crippen LogP contribution >= 0.6 is 0 Å². The highest BCUT2D eigenvalue weighted by molar-refractivity contribution is 7.87. The zero-order valence-electron chi connectivity index (χ0n) is 18.9. The summed E-state index contributed by atoms with van der Waals surface area (Å²) in [4.78, 5) is 23.9. The molecule has 34 heavy (non-hydrogen) atoms.